The molecule has 0 fully saturated rings. The Bertz CT molecular complexity index is 573. The number of carbonyl (C=O) groups is 2. The third-order valence-corrected chi connectivity index (χ3v) is 8.36. The van der Waals surface area contributed by atoms with Crippen LogP contribution in [0, 0.1) is 5.92 Å². The van der Waals surface area contributed by atoms with Crippen molar-refractivity contribution in [2.75, 3.05) is 33.7 Å². The zero-order valence-electron chi connectivity index (χ0n) is 28.1. The van der Waals surface area contributed by atoms with Crippen molar-refractivity contribution in [3.8, 4) is 0 Å². The molecule has 0 rings (SSSR count). The number of quaternary nitrogens is 1. The highest BCUT2D eigenvalue weighted by Gasteiger charge is 2.19. The van der Waals surface area contributed by atoms with Crippen LogP contribution in [0.5, 0.6) is 0 Å². The number of carbonyl (C=O) groups excluding carboxylic acids is 2. The summed E-state index contributed by atoms with van der Waals surface area (Å²) in [6, 6.07) is 0. The van der Waals surface area contributed by atoms with Crippen molar-refractivity contribution in [2.24, 2.45) is 5.92 Å². The van der Waals surface area contributed by atoms with Crippen LogP contribution in [0.1, 0.15) is 181 Å². The number of rotatable bonds is 31. The molecule has 0 atom stereocenters. The second-order valence-electron chi connectivity index (χ2n) is 13.8. The van der Waals surface area contributed by atoms with E-state index in [1.807, 2.05) is 0 Å². The number of likely N-dealkylation sites (N-methyl/N-ethyl adjacent to an activating group) is 1. The SMILES string of the molecule is CCCCCCCCCCCC(=O)C[N+](C)(C)CCCNC(=O)CCCCCCCCCCCCCCC(C)C. The second kappa shape index (κ2) is 28.2. The monoisotopic (exact) mass is 566 g/mol. The fraction of sp³-hybridized carbons (Fsp3) is 0.944. The van der Waals surface area contributed by atoms with Crippen molar-refractivity contribution in [1.82, 2.24) is 5.32 Å². The van der Waals surface area contributed by atoms with E-state index in [9.17, 15) is 9.59 Å². The van der Waals surface area contributed by atoms with E-state index in [-0.39, 0.29) is 5.91 Å². The number of nitrogens with one attached hydrogen (secondary N) is 1. The van der Waals surface area contributed by atoms with Gasteiger partial charge in [0, 0.05) is 25.8 Å². The first-order chi connectivity index (χ1) is 19.3. The van der Waals surface area contributed by atoms with E-state index < -0.39 is 0 Å². The Labute approximate surface area is 251 Å². The molecule has 0 aliphatic carbocycles. The van der Waals surface area contributed by atoms with Crippen LogP contribution in [0.4, 0.5) is 0 Å². The summed E-state index contributed by atoms with van der Waals surface area (Å²) in [5, 5.41) is 3.09. The lowest BCUT2D eigenvalue weighted by atomic mass is 10.0. The van der Waals surface area contributed by atoms with Crippen molar-refractivity contribution in [3.05, 3.63) is 0 Å². The van der Waals surface area contributed by atoms with Crippen molar-refractivity contribution in [2.45, 2.75) is 181 Å². The summed E-state index contributed by atoms with van der Waals surface area (Å²) in [7, 11) is 4.29. The molecule has 4 heteroatoms. The molecular formula is C36H73N2O2+. The van der Waals surface area contributed by atoms with Crippen LogP contribution >= 0.6 is 0 Å². The average Bonchev–Trinajstić information content (AvgIpc) is 2.90. The Morgan fingerprint density at radius 3 is 1.48 bits per heavy atom. The summed E-state index contributed by atoms with van der Waals surface area (Å²) in [4.78, 5) is 24.6. The van der Waals surface area contributed by atoms with Crippen LogP contribution in [0.3, 0.4) is 0 Å². The maximum Gasteiger partial charge on any atom is 0.219 e. The summed E-state index contributed by atoms with van der Waals surface area (Å²) >= 11 is 0. The van der Waals surface area contributed by atoms with Gasteiger partial charge in [0.2, 0.25) is 5.91 Å². The molecule has 0 spiro atoms. The highest BCUT2D eigenvalue weighted by Crippen LogP contribution is 2.15. The van der Waals surface area contributed by atoms with E-state index in [4.69, 9.17) is 0 Å². The summed E-state index contributed by atoms with van der Waals surface area (Å²) < 4.78 is 0.727. The van der Waals surface area contributed by atoms with E-state index in [0.717, 1.165) is 49.2 Å². The van der Waals surface area contributed by atoms with Crippen molar-refractivity contribution < 1.29 is 14.1 Å². The first-order valence-corrected chi connectivity index (χ1v) is 17.9. The minimum atomic E-state index is 0.195. The van der Waals surface area contributed by atoms with Gasteiger partial charge in [-0.3, -0.25) is 9.59 Å². The Kier molecular flexibility index (Phi) is 27.6. The molecule has 1 amide bonds. The van der Waals surface area contributed by atoms with Gasteiger partial charge in [0.25, 0.3) is 0 Å². The zero-order valence-corrected chi connectivity index (χ0v) is 28.1. The third kappa shape index (κ3) is 30.1. The van der Waals surface area contributed by atoms with Gasteiger partial charge in [-0.2, -0.15) is 0 Å². The molecule has 0 aliphatic heterocycles. The van der Waals surface area contributed by atoms with Gasteiger partial charge in [0.1, 0.15) is 6.54 Å². The molecule has 0 unspecified atom stereocenters. The molecule has 0 aliphatic rings. The molecule has 0 bridgehead atoms. The molecule has 0 aromatic carbocycles. The fourth-order valence-electron chi connectivity index (χ4n) is 5.70. The van der Waals surface area contributed by atoms with Gasteiger partial charge in [-0.1, -0.05) is 149 Å². The predicted octanol–water partition coefficient (Wildman–Crippen LogP) is 10.2. The molecule has 0 saturated carbocycles. The second-order valence-corrected chi connectivity index (χ2v) is 13.8. The van der Waals surface area contributed by atoms with Crippen LogP contribution in [0.2, 0.25) is 0 Å². The average molecular weight is 566 g/mol. The number of amides is 1. The van der Waals surface area contributed by atoms with E-state index in [1.165, 1.54) is 128 Å². The van der Waals surface area contributed by atoms with Gasteiger partial charge in [0.15, 0.2) is 5.78 Å². The molecule has 0 aromatic heterocycles. The van der Waals surface area contributed by atoms with Gasteiger partial charge in [-0.05, 0) is 18.8 Å². The topological polar surface area (TPSA) is 46.2 Å². The third-order valence-electron chi connectivity index (χ3n) is 8.36. The maximum atomic E-state index is 12.4. The summed E-state index contributed by atoms with van der Waals surface area (Å²) in [6.07, 6.45) is 31.3. The van der Waals surface area contributed by atoms with Crippen molar-refractivity contribution in [3.63, 3.8) is 0 Å². The quantitative estimate of drug-likeness (QED) is 0.0671. The standard InChI is InChI=1S/C36H72N2O2/c1-6-7-8-9-10-15-19-22-25-29-35(39)33-38(4,5)32-27-31-37-36(40)30-26-23-20-17-14-12-11-13-16-18-21-24-28-34(2)3/h34H,6-33H2,1-5H3/p+1. The van der Waals surface area contributed by atoms with E-state index in [1.54, 1.807) is 0 Å². The molecular weight excluding hydrogens is 492 g/mol. The lowest BCUT2D eigenvalue weighted by Crippen LogP contribution is -2.45. The largest absolute Gasteiger partial charge is 0.356 e. The minimum Gasteiger partial charge on any atom is -0.356 e. The fourth-order valence-corrected chi connectivity index (χ4v) is 5.70. The molecule has 238 valence electrons. The zero-order chi connectivity index (χ0) is 29.7. The summed E-state index contributed by atoms with van der Waals surface area (Å²) in [5.41, 5.74) is 0. The maximum absolute atomic E-state index is 12.4. The first kappa shape index (κ1) is 39.1. The van der Waals surface area contributed by atoms with Gasteiger partial charge in [-0.15, -0.1) is 0 Å². The number of ketones is 1. The number of hydrogen-bond acceptors (Lipinski definition) is 2. The Morgan fingerprint density at radius 2 is 1.00 bits per heavy atom. The van der Waals surface area contributed by atoms with E-state index in [0.29, 0.717) is 18.7 Å². The van der Waals surface area contributed by atoms with Gasteiger partial charge in [0.05, 0.1) is 20.6 Å². The number of unbranched alkanes of at least 4 members (excludes halogenated alkanes) is 19. The summed E-state index contributed by atoms with van der Waals surface area (Å²) in [5.74, 6) is 1.45. The van der Waals surface area contributed by atoms with Gasteiger partial charge < -0.3 is 9.80 Å². The van der Waals surface area contributed by atoms with Crippen LogP contribution in [-0.2, 0) is 9.59 Å². The van der Waals surface area contributed by atoms with Crippen LogP contribution in [0.25, 0.3) is 0 Å². The predicted molar refractivity (Wildman–Crippen MR) is 176 cm³/mol. The van der Waals surface area contributed by atoms with E-state index >= 15 is 0 Å². The van der Waals surface area contributed by atoms with Gasteiger partial charge >= 0.3 is 0 Å². The molecule has 0 heterocycles. The Balaban J connectivity index is 3.51. The molecule has 1 N–H and O–H groups in total. The Hall–Kier alpha value is -0.900. The van der Waals surface area contributed by atoms with E-state index in [2.05, 4.69) is 40.2 Å². The highest BCUT2D eigenvalue weighted by molar-refractivity contribution is 5.79. The number of Topliss-reactive ketones (excluding diaryl/α,β-unsaturated/α-hetero) is 1. The molecule has 0 aromatic rings. The smallest absolute Gasteiger partial charge is 0.219 e. The minimum absolute atomic E-state index is 0.195. The van der Waals surface area contributed by atoms with Crippen LogP contribution in [-0.4, -0.2) is 49.9 Å². The summed E-state index contributed by atoms with van der Waals surface area (Å²) in [6.45, 7) is 9.18. The molecule has 0 radical (unpaired) electrons. The highest BCUT2D eigenvalue weighted by atomic mass is 16.1. The van der Waals surface area contributed by atoms with Crippen LogP contribution in [0.15, 0.2) is 0 Å². The van der Waals surface area contributed by atoms with Crippen LogP contribution < -0.4 is 5.32 Å². The lowest BCUT2D eigenvalue weighted by molar-refractivity contribution is -0.882. The number of nitrogens with zero attached hydrogens (tertiary/aromatic N) is 1. The van der Waals surface area contributed by atoms with Crippen molar-refractivity contribution >= 4 is 11.7 Å². The normalized spacial score (nSPS) is 11.8. The Morgan fingerprint density at radius 1 is 0.575 bits per heavy atom. The lowest BCUT2D eigenvalue weighted by Gasteiger charge is -2.29. The number of hydrogen-bond donors (Lipinski definition) is 1. The van der Waals surface area contributed by atoms with Crippen molar-refractivity contribution in [1.29, 1.82) is 0 Å². The van der Waals surface area contributed by atoms with Gasteiger partial charge in [-0.25, -0.2) is 0 Å². The first-order valence-electron chi connectivity index (χ1n) is 17.9. The molecule has 0 saturated heterocycles. The molecule has 4 nitrogen and oxygen atoms in total. The molecule has 40 heavy (non-hydrogen) atoms.